The Bertz CT molecular complexity index is 519. The van der Waals surface area contributed by atoms with Crippen LogP contribution >= 0.6 is 0 Å². The van der Waals surface area contributed by atoms with E-state index < -0.39 is 11.9 Å². The first kappa shape index (κ1) is 13.4. The van der Waals surface area contributed by atoms with Gasteiger partial charge in [-0.15, -0.1) is 0 Å². The van der Waals surface area contributed by atoms with Crippen LogP contribution in [0.3, 0.4) is 0 Å². The Morgan fingerprint density at radius 3 is 1.35 bits per heavy atom. The monoisotopic (exact) mass is 272 g/mol. The lowest BCUT2D eigenvalue weighted by atomic mass is 10.3. The van der Waals surface area contributed by atoms with Crippen molar-refractivity contribution in [2.45, 2.75) is 0 Å². The van der Waals surface area contributed by atoms with E-state index in [0.717, 1.165) is 0 Å². The van der Waals surface area contributed by atoms with Gasteiger partial charge in [-0.05, 0) is 24.3 Å². The average Bonchev–Trinajstić information content (AvgIpc) is 2.52. The predicted molar refractivity (Wildman–Crippen MR) is 72.3 cm³/mol. The van der Waals surface area contributed by atoms with E-state index in [-0.39, 0.29) is 0 Å². The number of carbonyl (C=O) groups excluding carboxylic acids is 2. The Hall–Kier alpha value is -3.02. The van der Waals surface area contributed by atoms with E-state index in [1.807, 2.05) is 12.1 Å². The first-order chi connectivity index (χ1) is 9.75. The van der Waals surface area contributed by atoms with Crippen molar-refractivity contribution in [1.82, 2.24) is 0 Å². The Morgan fingerprint density at radius 1 is 0.650 bits per heavy atom. The third-order valence-corrected chi connectivity index (χ3v) is 2.24. The summed E-state index contributed by atoms with van der Waals surface area (Å²) in [7, 11) is 0. The van der Waals surface area contributed by atoms with Crippen molar-refractivity contribution < 1.29 is 19.3 Å². The largest absolute Gasteiger partial charge is 0.443 e. The van der Waals surface area contributed by atoms with Gasteiger partial charge in [0.15, 0.2) is 0 Å². The van der Waals surface area contributed by atoms with E-state index in [2.05, 4.69) is 20.6 Å². The highest BCUT2D eigenvalue weighted by Crippen LogP contribution is 2.06. The predicted octanol–water partition coefficient (Wildman–Crippen LogP) is 2.13. The molecular weight excluding hydrogens is 260 g/mol. The lowest BCUT2D eigenvalue weighted by Gasteiger charge is -2.07. The van der Waals surface area contributed by atoms with Crippen molar-refractivity contribution in [3.05, 3.63) is 60.7 Å². The Balaban J connectivity index is 1.76. The standard InChI is InChI=1S/C14H12N2O4/c17-13(19-15-11-7-3-1-4-8-11)14(18)20-16-12-9-5-2-6-10-12/h1-10,15-16H. The quantitative estimate of drug-likeness (QED) is 0.656. The Labute approximate surface area is 115 Å². The molecule has 2 rings (SSSR count). The third-order valence-electron chi connectivity index (χ3n) is 2.24. The summed E-state index contributed by atoms with van der Waals surface area (Å²) in [6.07, 6.45) is 0. The van der Waals surface area contributed by atoms with Crippen LogP contribution in [0.25, 0.3) is 0 Å². The maximum absolute atomic E-state index is 11.3. The molecule has 0 atom stereocenters. The molecule has 0 heterocycles. The molecule has 2 aromatic carbocycles. The molecule has 2 N–H and O–H groups in total. The normalized spacial score (nSPS) is 9.40. The minimum absolute atomic E-state index is 0.546. The fourth-order valence-corrected chi connectivity index (χ4v) is 1.31. The van der Waals surface area contributed by atoms with Crippen molar-refractivity contribution in [3.63, 3.8) is 0 Å². The highest BCUT2D eigenvalue weighted by Gasteiger charge is 2.18. The third kappa shape index (κ3) is 4.02. The summed E-state index contributed by atoms with van der Waals surface area (Å²) in [5.41, 5.74) is 5.78. The minimum Gasteiger partial charge on any atom is -0.332 e. The van der Waals surface area contributed by atoms with Crippen LogP contribution in [0.15, 0.2) is 60.7 Å². The molecule has 0 saturated carbocycles. The molecule has 2 aromatic rings. The van der Waals surface area contributed by atoms with Crippen LogP contribution in [0.1, 0.15) is 0 Å². The van der Waals surface area contributed by atoms with Crippen LogP contribution in [0.5, 0.6) is 0 Å². The molecule has 0 aromatic heterocycles. The van der Waals surface area contributed by atoms with Crippen molar-refractivity contribution in [1.29, 1.82) is 0 Å². The summed E-state index contributed by atoms with van der Waals surface area (Å²) in [5, 5.41) is 0. The first-order valence-corrected chi connectivity index (χ1v) is 5.80. The Kier molecular flexibility index (Phi) is 4.55. The number of rotatable bonds is 4. The minimum atomic E-state index is -1.16. The van der Waals surface area contributed by atoms with Crippen molar-refractivity contribution in [3.8, 4) is 0 Å². The molecule has 0 fully saturated rings. The van der Waals surface area contributed by atoms with Crippen LogP contribution in [-0.4, -0.2) is 11.9 Å². The number of hydrogen-bond donors (Lipinski definition) is 2. The van der Waals surface area contributed by atoms with Crippen LogP contribution < -0.4 is 11.0 Å². The summed E-state index contributed by atoms with van der Waals surface area (Å²) in [4.78, 5) is 31.8. The second-order valence-corrected chi connectivity index (χ2v) is 3.72. The molecule has 0 spiro atoms. The molecule has 20 heavy (non-hydrogen) atoms. The number of hydrogen-bond acceptors (Lipinski definition) is 6. The zero-order valence-corrected chi connectivity index (χ0v) is 10.4. The number of para-hydroxylation sites is 2. The van der Waals surface area contributed by atoms with Gasteiger partial charge >= 0.3 is 11.9 Å². The maximum atomic E-state index is 11.3. The smallest absolute Gasteiger partial charge is 0.332 e. The number of carbonyl (C=O) groups is 2. The van der Waals surface area contributed by atoms with E-state index in [1.54, 1.807) is 48.5 Å². The number of benzene rings is 2. The molecule has 0 radical (unpaired) electrons. The zero-order chi connectivity index (χ0) is 14.2. The van der Waals surface area contributed by atoms with Gasteiger partial charge in [0, 0.05) is 0 Å². The van der Waals surface area contributed by atoms with E-state index >= 15 is 0 Å². The topological polar surface area (TPSA) is 76.7 Å². The molecule has 0 aliphatic carbocycles. The van der Waals surface area contributed by atoms with Crippen LogP contribution in [0.2, 0.25) is 0 Å². The Morgan fingerprint density at radius 2 is 1.00 bits per heavy atom. The summed E-state index contributed by atoms with van der Waals surface area (Å²) in [5.74, 6) is -2.31. The molecule has 0 aliphatic heterocycles. The van der Waals surface area contributed by atoms with Gasteiger partial charge in [-0.2, -0.15) is 0 Å². The van der Waals surface area contributed by atoms with Crippen LogP contribution in [-0.2, 0) is 19.3 Å². The van der Waals surface area contributed by atoms with Gasteiger partial charge in [0.1, 0.15) is 0 Å². The lowest BCUT2D eigenvalue weighted by Crippen LogP contribution is -2.24. The number of anilines is 2. The van der Waals surface area contributed by atoms with E-state index in [4.69, 9.17) is 0 Å². The molecule has 0 amide bonds. The molecule has 102 valence electrons. The van der Waals surface area contributed by atoms with Gasteiger partial charge in [-0.3, -0.25) is 0 Å². The molecule has 6 nitrogen and oxygen atoms in total. The first-order valence-electron chi connectivity index (χ1n) is 5.80. The van der Waals surface area contributed by atoms with Crippen LogP contribution in [0, 0.1) is 0 Å². The molecular formula is C14H12N2O4. The highest BCUT2D eigenvalue weighted by atomic mass is 16.7. The van der Waals surface area contributed by atoms with E-state index in [1.165, 1.54) is 0 Å². The van der Waals surface area contributed by atoms with Crippen molar-refractivity contribution in [2.75, 3.05) is 11.0 Å². The maximum Gasteiger partial charge on any atom is 0.443 e. The van der Waals surface area contributed by atoms with Gasteiger partial charge in [-0.25, -0.2) is 20.5 Å². The van der Waals surface area contributed by atoms with Gasteiger partial charge in [0.05, 0.1) is 11.4 Å². The number of nitrogens with one attached hydrogen (secondary N) is 2. The van der Waals surface area contributed by atoms with E-state index in [9.17, 15) is 9.59 Å². The summed E-state index contributed by atoms with van der Waals surface area (Å²) in [6.45, 7) is 0. The highest BCUT2D eigenvalue weighted by molar-refractivity contribution is 6.29. The molecule has 0 bridgehead atoms. The van der Waals surface area contributed by atoms with Crippen molar-refractivity contribution in [2.24, 2.45) is 0 Å². The van der Waals surface area contributed by atoms with Crippen LogP contribution in [0.4, 0.5) is 11.4 Å². The zero-order valence-electron chi connectivity index (χ0n) is 10.4. The second kappa shape index (κ2) is 6.79. The summed E-state index contributed by atoms with van der Waals surface area (Å²) < 4.78 is 0. The van der Waals surface area contributed by atoms with Crippen molar-refractivity contribution >= 4 is 23.3 Å². The molecule has 6 heteroatoms. The average molecular weight is 272 g/mol. The summed E-state index contributed by atoms with van der Waals surface area (Å²) >= 11 is 0. The van der Waals surface area contributed by atoms with Gasteiger partial charge in [0.2, 0.25) is 0 Å². The van der Waals surface area contributed by atoms with Gasteiger partial charge < -0.3 is 9.68 Å². The lowest BCUT2D eigenvalue weighted by molar-refractivity contribution is -0.164. The fraction of sp³-hybridized carbons (Fsp3) is 0. The molecule has 0 saturated heterocycles. The summed E-state index contributed by atoms with van der Waals surface area (Å²) in [6, 6.07) is 17.4. The fourth-order valence-electron chi connectivity index (χ4n) is 1.31. The molecule has 0 aliphatic rings. The second-order valence-electron chi connectivity index (χ2n) is 3.72. The van der Waals surface area contributed by atoms with Gasteiger partial charge in [-0.1, -0.05) is 36.4 Å². The molecule has 0 unspecified atom stereocenters. The SMILES string of the molecule is O=C(ONc1ccccc1)C(=O)ONc1ccccc1. The van der Waals surface area contributed by atoms with E-state index in [0.29, 0.717) is 11.4 Å². The van der Waals surface area contributed by atoms with Gasteiger partial charge in [0.25, 0.3) is 0 Å².